The molecule has 1 heterocycles. The number of rotatable bonds is 0. The van der Waals surface area contributed by atoms with Gasteiger partial charge in [0.1, 0.15) is 5.75 Å². The van der Waals surface area contributed by atoms with E-state index in [1.165, 1.54) is 0 Å². The van der Waals surface area contributed by atoms with Gasteiger partial charge in [-0.2, -0.15) is 0 Å². The number of phenols is 1. The fourth-order valence-corrected chi connectivity index (χ4v) is 1.56. The maximum absolute atomic E-state index is 9.58. The van der Waals surface area contributed by atoms with Crippen LogP contribution in [0.4, 0.5) is 5.69 Å². The summed E-state index contributed by atoms with van der Waals surface area (Å²) in [6.45, 7) is 3.98. The summed E-state index contributed by atoms with van der Waals surface area (Å²) in [7, 11) is 0. The molecule has 4 N–H and O–H groups in total. The molecule has 2 aromatic rings. The molecule has 0 spiro atoms. The summed E-state index contributed by atoms with van der Waals surface area (Å²) in [5.41, 5.74) is 9.19. The maximum Gasteiger partial charge on any atom is 0.141 e. The van der Waals surface area contributed by atoms with Gasteiger partial charge >= 0.3 is 0 Å². The van der Waals surface area contributed by atoms with Crippen molar-refractivity contribution in [3.63, 3.8) is 0 Å². The first-order valence-electron chi connectivity index (χ1n) is 4.17. The number of aromatic nitrogens is 1. The Morgan fingerprint density at radius 3 is 2.69 bits per heavy atom. The van der Waals surface area contributed by atoms with Crippen LogP contribution in [-0.2, 0) is 0 Å². The van der Waals surface area contributed by atoms with E-state index in [1.807, 2.05) is 19.9 Å². The third kappa shape index (κ3) is 1.04. The van der Waals surface area contributed by atoms with E-state index in [0.29, 0.717) is 5.69 Å². The molecule has 0 atom stereocenters. The Balaban J connectivity index is 2.94. The van der Waals surface area contributed by atoms with E-state index in [2.05, 4.69) is 4.98 Å². The molecule has 0 bridgehead atoms. The SMILES string of the molecule is Cc1[nH]c2c(O)cc(N)cc2c1C. The van der Waals surface area contributed by atoms with Crippen molar-refractivity contribution in [2.24, 2.45) is 0 Å². The summed E-state index contributed by atoms with van der Waals surface area (Å²) < 4.78 is 0. The van der Waals surface area contributed by atoms with Gasteiger partial charge in [0.15, 0.2) is 0 Å². The summed E-state index contributed by atoms with van der Waals surface area (Å²) in [5, 5.41) is 10.6. The first-order valence-corrected chi connectivity index (χ1v) is 4.17. The summed E-state index contributed by atoms with van der Waals surface area (Å²) in [6, 6.07) is 3.42. The molecule has 0 aliphatic heterocycles. The number of benzene rings is 1. The average Bonchev–Trinajstić information content (AvgIpc) is 2.32. The first kappa shape index (κ1) is 7.98. The van der Waals surface area contributed by atoms with Gasteiger partial charge in [0.2, 0.25) is 0 Å². The molecule has 1 aromatic heterocycles. The Labute approximate surface area is 76.2 Å². The molecular formula is C10H12N2O. The van der Waals surface area contributed by atoms with Crippen LogP contribution in [0.3, 0.4) is 0 Å². The van der Waals surface area contributed by atoms with Crippen LogP contribution >= 0.6 is 0 Å². The van der Waals surface area contributed by atoms with Gasteiger partial charge in [-0.15, -0.1) is 0 Å². The van der Waals surface area contributed by atoms with Crippen LogP contribution in [0, 0.1) is 13.8 Å². The van der Waals surface area contributed by atoms with E-state index >= 15 is 0 Å². The molecule has 0 radical (unpaired) electrons. The molecule has 3 nitrogen and oxygen atoms in total. The molecule has 0 aliphatic carbocycles. The number of aromatic hydroxyl groups is 1. The number of nitrogens with one attached hydrogen (secondary N) is 1. The van der Waals surface area contributed by atoms with Gasteiger partial charge in [0.05, 0.1) is 5.52 Å². The highest BCUT2D eigenvalue weighted by Crippen LogP contribution is 2.30. The Morgan fingerprint density at radius 1 is 1.31 bits per heavy atom. The number of nitrogen functional groups attached to an aromatic ring is 1. The summed E-state index contributed by atoms with van der Waals surface area (Å²) in [4.78, 5) is 3.12. The molecule has 68 valence electrons. The lowest BCUT2D eigenvalue weighted by molar-refractivity contribution is 0.481. The highest BCUT2D eigenvalue weighted by molar-refractivity contribution is 5.91. The standard InChI is InChI=1S/C10H12N2O/c1-5-6(2)12-10-8(5)3-7(11)4-9(10)13/h3-4,12-13H,11H2,1-2H3. The average molecular weight is 176 g/mol. The zero-order chi connectivity index (χ0) is 9.59. The Morgan fingerprint density at radius 2 is 2.00 bits per heavy atom. The Kier molecular flexibility index (Phi) is 1.49. The number of aryl methyl sites for hydroxylation is 2. The monoisotopic (exact) mass is 176 g/mol. The van der Waals surface area contributed by atoms with Crippen molar-refractivity contribution in [2.45, 2.75) is 13.8 Å². The minimum atomic E-state index is 0.214. The molecule has 0 fully saturated rings. The number of fused-ring (bicyclic) bond motifs is 1. The molecule has 1 aromatic carbocycles. The summed E-state index contributed by atoms with van der Waals surface area (Å²) >= 11 is 0. The third-order valence-corrected chi connectivity index (χ3v) is 2.42. The van der Waals surface area contributed by atoms with Gasteiger partial charge in [-0.1, -0.05) is 0 Å². The molecule has 3 heteroatoms. The van der Waals surface area contributed by atoms with E-state index in [9.17, 15) is 5.11 Å². The largest absolute Gasteiger partial charge is 0.506 e. The van der Waals surface area contributed by atoms with Crippen LogP contribution in [0.25, 0.3) is 10.9 Å². The van der Waals surface area contributed by atoms with Crippen molar-refractivity contribution in [2.75, 3.05) is 5.73 Å². The van der Waals surface area contributed by atoms with E-state index in [4.69, 9.17) is 5.73 Å². The Hall–Kier alpha value is -1.64. The number of hydrogen-bond acceptors (Lipinski definition) is 2. The minimum absolute atomic E-state index is 0.214. The van der Waals surface area contributed by atoms with E-state index in [0.717, 1.165) is 22.2 Å². The van der Waals surface area contributed by atoms with Crippen LogP contribution in [0.2, 0.25) is 0 Å². The Bertz CT molecular complexity index is 471. The van der Waals surface area contributed by atoms with Crippen LogP contribution in [0.5, 0.6) is 5.75 Å². The van der Waals surface area contributed by atoms with Gasteiger partial charge in [0.25, 0.3) is 0 Å². The van der Waals surface area contributed by atoms with Crippen LogP contribution in [0.1, 0.15) is 11.3 Å². The van der Waals surface area contributed by atoms with Gasteiger partial charge in [-0.25, -0.2) is 0 Å². The fraction of sp³-hybridized carbons (Fsp3) is 0.200. The summed E-state index contributed by atoms with van der Waals surface area (Å²) in [6.07, 6.45) is 0. The van der Waals surface area contributed by atoms with Crippen molar-refractivity contribution in [1.82, 2.24) is 4.98 Å². The zero-order valence-electron chi connectivity index (χ0n) is 7.68. The molecule has 0 aliphatic rings. The number of nitrogens with two attached hydrogens (primary N) is 1. The second-order valence-electron chi connectivity index (χ2n) is 3.34. The third-order valence-electron chi connectivity index (χ3n) is 2.42. The lowest BCUT2D eigenvalue weighted by Crippen LogP contribution is -1.83. The van der Waals surface area contributed by atoms with Crippen molar-refractivity contribution < 1.29 is 5.11 Å². The van der Waals surface area contributed by atoms with Crippen molar-refractivity contribution in [3.8, 4) is 5.75 Å². The molecule has 0 saturated heterocycles. The smallest absolute Gasteiger partial charge is 0.141 e. The number of phenolic OH excluding ortho intramolecular Hbond substituents is 1. The van der Waals surface area contributed by atoms with Crippen LogP contribution in [-0.4, -0.2) is 10.1 Å². The number of anilines is 1. The number of aromatic amines is 1. The highest BCUT2D eigenvalue weighted by atomic mass is 16.3. The van der Waals surface area contributed by atoms with E-state index < -0.39 is 0 Å². The summed E-state index contributed by atoms with van der Waals surface area (Å²) in [5.74, 6) is 0.214. The fourth-order valence-electron chi connectivity index (χ4n) is 1.56. The van der Waals surface area contributed by atoms with Gasteiger partial charge < -0.3 is 15.8 Å². The number of H-pyrrole nitrogens is 1. The predicted molar refractivity (Wildman–Crippen MR) is 53.8 cm³/mol. The lowest BCUT2D eigenvalue weighted by Gasteiger charge is -1.97. The molecule has 0 saturated carbocycles. The van der Waals surface area contributed by atoms with Crippen molar-refractivity contribution >= 4 is 16.6 Å². The normalized spacial score (nSPS) is 10.9. The molecule has 13 heavy (non-hydrogen) atoms. The molecule has 2 rings (SSSR count). The van der Waals surface area contributed by atoms with Crippen LogP contribution < -0.4 is 5.73 Å². The molecular weight excluding hydrogens is 164 g/mol. The van der Waals surface area contributed by atoms with Gasteiger partial charge in [0, 0.05) is 22.8 Å². The number of hydrogen-bond donors (Lipinski definition) is 3. The zero-order valence-corrected chi connectivity index (χ0v) is 7.68. The lowest BCUT2D eigenvalue weighted by atomic mass is 10.1. The molecule has 0 amide bonds. The second kappa shape index (κ2) is 2.42. The van der Waals surface area contributed by atoms with Crippen LogP contribution in [0.15, 0.2) is 12.1 Å². The van der Waals surface area contributed by atoms with Crippen molar-refractivity contribution in [1.29, 1.82) is 0 Å². The van der Waals surface area contributed by atoms with Gasteiger partial charge in [-0.3, -0.25) is 0 Å². The topological polar surface area (TPSA) is 62.0 Å². The van der Waals surface area contributed by atoms with Crippen molar-refractivity contribution in [3.05, 3.63) is 23.4 Å². The van der Waals surface area contributed by atoms with E-state index in [-0.39, 0.29) is 5.75 Å². The maximum atomic E-state index is 9.58. The van der Waals surface area contributed by atoms with Gasteiger partial charge in [-0.05, 0) is 25.5 Å². The molecule has 0 unspecified atom stereocenters. The highest BCUT2D eigenvalue weighted by Gasteiger charge is 2.08. The predicted octanol–water partition coefficient (Wildman–Crippen LogP) is 2.07. The quantitative estimate of drug-likeness (QED) is 0.538. The second-order valence-corrected chi connectivity index (χ2v) is 3.34. The minimum Gasteiger partial charge on any atom is -0.506 e. The van der Waals surface area contributed by atoms with E-state index in [1.54, 1.807) is 6.07 Å². The first-order chi connectivity index (χ1) is 6.09.